The minimum Gasteiger partial charge on any atom is -0.481 e. The molecule has 0 aromatic rings. The minimum absolute atomic E-state index is 0.0929. The molecule has 0 rings (SSSR count). The van der Waals surface area contributed by atoms with Gasteiger partial charge < -0.3 is 14.6 Å². The lowest BCUT2D eigenvalue weighted by atomic mass is 10.0. The van der Waals surface area contributed by atoms with Crippen LogP contribution in [0.1, 0.15) is 213 Å². The SMILES string of the molecule is CCCCCCCCCCCCCCCCCC(=O)OCC(=O)OC(CCCCCC)CCCCCCCCCCC(=O)O. The maximum Gasteiger partial charge on any atom is 0.344 e. The van der Waals surface area contributed by atoms with Crippen LogP contribution in [0, 0.1) is 0 Å². The van der Waals surface area contributed by atoms with Gasteiger partial charge in [0.15, 0.2) is 6.61 Å². The Balaban J connectivity index is 3.85. The molecule has 0 saturated carbocycles. The summed E-state index contributed by atoms with van der Waals surface area (Å²) in [6.07, 6.45) is 34.8. The highest BCUT2D eigenvalue weighted by molar-refractivity contribution is 5.76. The summed E-state index contributed by atoms with van der Waals surface area (Å²) in [4.78, 5) is 35.1. The first-order valence-electron chi connectivity index (χ1n) is 19.1. The van der Waals surface area contributed by atoms with Crippen LogP contribution >= 0.6 is 0 Å². The number of carboxylic acid groups (broad SMARTS) is 1. The summed E-state index contributed by atoms with van der Waals surface area (Å²) in [6, 6.07) is 0. The third kappa shape index (κ3) is 33.3. The van der Waals surface area contributed by atoms with Crippen LogP contribution < -0.4 is 0 Å². The number of ether oxygens (including phenoxy) is 2. The number of carbonyl (C=O) groups excluding carboxylic acids is 2. The van der Waals surface area contributed by atoms with Crippen molar-refractivity contribution in [1.82, 2.24) is 0 Å². The Kier molecular flexibility index (Phi) is 33.0. The van der Waals surface area contributed by atoms with E-state index in [0.717, 1.165) is 83.5 Å². The molecule has 6 heteroatoms. The van der Waals surface area contributed by atoms with Gasteiger partial charge in [0.1, 0.15) is 6.10 Å². The summed E-state index contributed by atoms with van der Waals surface area (Å²) in [7, 11) is 0. The van der Waals surface area contributed by atoms with Crippen molar-refractivity contribution in [2.75, 3.05) is 6.61 Å². The molecule has 0 aliphatic carbocycles. The molecular formula is C38H72O6. The van der Waals surface area contributed by atoms with Gasteiger partial charge in [-0.2, -0.15) is 0 Å². The Morgan fingerprint density at radius 1 is 0.455 bits per heavy atom. The molecule has 0 amide bonds. The molecule has 0 heterocycles. The normalized spacial score (nSPS) is 11.9. The van der Waals surface area contributed by atoms with Gasteiger partial charge in [0.05, 0.1) is 0 Å². The molecule has 1 unspecified atom stereocenters. The van der Waals surface area contributed by atoms with E-state index in [9.17, 15) is 14.4 Å². The molecule has 0 fully saturated rings. The first-order chi connectivity index (χ1) is 21.5. The molecule has 0 bridgehead atoms. The van der Waals surface area contributed by atoms with Gasteiger partial charge in [-0.05, 0) is 38.5 Å². The van der Waals surface area contributed by atoms with Gasteiger partial charge in [0, 0.05) is 12.8 Å². The Morgan fingerprint density at radius 3 is 1.20 bits per heavy atom. The summed E-state index contributed by atoms with van der Waals surface area (Å²) in [6.45, 7) is 4.19. The lowest BCUT2D eigenvalue weighted by molar-refractivity contribution is -0.163. The smallest absolute Gasteiger partial charge is 0.344 e. The first kappa shape index (κ1) is 42.4. The monoisotopic (exact) mass is 625 g/mol. The van der Waals surface area contributed by atoms with Crippen LogP contribution in [0.5, 0.6) is 0 Å². The zero-order valence-electron chi connectivity index (χ0n) is 29.2. The molecule has 1 N–H and O–H groups in total. The van der Waals surface area contributed by atoms with Crippen molar-refractivity contribution in [3.8, 4) is 0 Å². The number of hydrogen-bond donors (Lipinski definition) is 1. The molecule has 0 aromatic carbocycles. The van der Waals surface area contributed by atoms with E-state index in [4.69, 9.17) is 14.6 Å². The van der Waals surface area contributed by atoms with Crippen molar-refractivity contribution >= 4 is 17.9 Å². The highest BCUT2D eigenvalue weighted by Crippen LogP contribution is 2.18. The van der Waals surface area contributed by atoms with Gasteiger partial charge in [-0.1, -0.05) is 162 Å². The minimum atomic E-state index is -0.705. The second-order valence-electron chi connectivity index (χ2n) is 13.1. The van der Waals surface area contributed by atoms with Crippen LogP contribution in [-0.4, -0.2) is 35.7 Å². The van der Waals surface area contributed by atoms with Crippen LogP contribution in [0.3, 0.4) is 0 Å². The van der Waals surface area contributed by atoms with Crippen molar-refractivity contribution in [1.29, 1.82) is 0 Å². The second-order valence-corrected chi connectivity index (χ2v) is 13.1. The standard InChI is InChI=1S/C38H72O6/c1-3-5-7-9-10-11-12-13-14-15-16-17-22-25-29-33-37(41)43-34-38(42)44-35(30-26-8-6-4-2)31-27-23-20-18-19-21-24-28-32-36(39)40/h35H,3-34H2,1-2H3,(H,39,40). The van der Waals surface area contributed by atoms with Crippen LogP contribution in [-0.2, 0) is 23.9 Å². The highest BCUT2D eigenvalue weighted by Gasteiger charge is 2.16. The number of rotatable bonds is 35. The summed E-state index contributed by atoms with van der Waals surface area (Å²) >= 11 is 0. The summed E-state index contributed by atoms with van der Waals surface area (Å²) in [5.74, 6) is -1.42. The Morgan fingerprint density at radius 2 is 0.795 bits per heavy atom. The molecule has 0 radical (unpaired) electrons. The van der Waals surface area contributed by atoms with Crippen molar-refractivity contribution in [2.45, 2.75) is 219 Å². The molecule has 260 valence electrons. The zero-order chi connectivity index (χ0) is 32.4. The first-order valence-corrected chi connectivity index (χ1v) is 19.1. The fourth-order valence-electron chi connectivity index (χ4n) is 5.84. The number of carboxylic acids is 1. The van der Waals surface area contributed by atoms with E-state index in [0.29, 0.717) is 6.42 Å². The Hall–Kier alpha value is -1.59. The lowest BCUT2D eigenvalue weighted by Gasteiger charge is -2.18. The van der Waals surface area contributed by atoms with Crippen LogP contribution in [0.2, 0.25) is 0 Å². The van der Waals surface area contributed by atoms with E-state index in [-0.39, 0.29) is 25.1 Å². The predicted octanol–water partition coefficient (Wildman–Crippen LogP) is 11.7. The third-order valence-corrected chi connectivity index (χ3v) is 8.68. The molecule has 1 atom stereocenters. The maximum absolute atomic E-state index is 12.4. The Labute approximate surface area is 272 Å². The van der Waals surface area contributed by atoms with Crippen LogP contribution in [0.15, 0.2) is 0 Å². The molecule has 0 saturated heterocycles. The molecule has 0 aliphatic rings. The lowest BCUT2D eigenvalue weighted by Crippen LogP contribution is -2.23. The van der Waals surface area contributed by atoms with Crippen molar-refractivity contribution < 1.29 is 29.0 Å². The van der Waals surface area contributed by atoms with E-state index in [1.807, 2.05) is 0 Å². The molecule has 44 heavy (non-hydrogen) atoms. The summed E-state index contributed by atoms with van der Waals surface area (Å²) in [5, 5.41) is 8.70. The van der Waals surface area contributed by atoms with Gasteiger partial charge >= 0.3 is 17.9 Å². The van der Waals surface area contributed by atoms with E-state index < -0.39 is 11.9 Å². The Bertz CT molecular complexity index is 649. The molecule has 0 aliphatic heterocycles. The zero-order valence-corrected chi connectivity index (χ0v) is 29.2. The van der Waals surface area contributed by atoms with Crippen LogP contribution in [0.4, 0.5) is 0 Å². The summed E-state index contributed by atoms with van der Waals surface area (Å²) < 4.78 is 11.0. The average molecular weight is 625 g/mol. The number of hydrogen-bond acceptors (Lipinski definition) is 5. The maximum atomic E-state index is 12.4. The summed E-state index contributed by atoms with van der Waals surface area (Å²) in [5.41, 5.74) is 0. The number of aliphatic carboxylic acids is 1. The highest BCUT2D eigenvalue weighted by atomic mass is 16.6. The fraction of sp³-hybridized carbons (Fsp3) is 0.921. The van der Waals surface area contributed by atoms with Crippen molar-refractivity contribution in [3.05, 3.63) is 0 Å². The number of esters is 2. The molecular weight excluding hydrogens is 552 g/mol. The third-order valence-electron chi connectivity index (χ3n) is 8.68. The molecule has 0 spiro atoms. The molecule has 6 nitrogen and oxygen atoms in total. The van der Waals surface area contributed by atoms with Crippen molar-refractivity contribution in [2.24, 2.45) is 0 Å². The van der Waals surface area contributed by atoms with E-state index >= 15 is 0 Å². The van der Waals surface area contributed by atoms with E-state index in [1.165, 1.54) is 103 Å². The van der Waals surface area contributed by atoms with Gasteiger partial charge in [-0.15, -0.1) is 0 Å². The fourth-order valence-corrected chi connectivity index (χ4v) is 5.84. The average Bonchev–Trinajstić information content (AvgIpc) is 3.00. The van der Waals surface area contributed by atoms with E-state index in [2.05, 4.69) is 13.8 Å². The number of unbranched alkanes of at least 4 members (excludes halogenated alkanes) is 24. The predicted molar refractivity (Wildman–Crippen MR) is 183 cm³/mol. The van der Waals surface area contributed by atoms with Crippen LogP contribution in [0.25, 0.3) is 0 Å². The largest absolute Gasteiger partial charge is 0.481 e. The topological polar surface area (TPSA) is 89.9 Å². The van der Waals surface area contributed by atoms with Gasteiger partial charge in [-0.25, -0.2) is 4.79 Å². The van der Waals surface area contributed by atoms with Gasteiger partial charge in [0.2, 0.25) is 0 Å². The quantitative estimate of drug-likeness (QED) is 0.0557. The van der Waals surface area contributed by atoms with Gasteiger partial charge in [-0.3, -0.25) is 9.59 Å². The van der Waals surface area contributed by atoms with Crippen molar-refractivity contribution in [3.63, 3.8) is 0 Å². The molecule has 0 aromatic heterocycles. The van der Waals surface area contributed by atoms with E-state index in [1.54, 1.807) is 0 Å². The second kappa shape index (κ2) is 34.3. The van der Waals surface area contributed by atoms with Gasteiger partial charge in [0.25, 0.3) is 0 Å². The number of carbonyl (C=O) groups is 3.